The highest BCUT2D eigenvalue weighted by Gasteiger charge is 2.05. The van der Waals surface area contributed by atoms with Crippen LogP contribution in [0.1, 0.15) is 6.42 Å². The summed E-state index contributed by atoms with van der Waals surface area (Å²) >= 11 is 0. The summed E-state index contributed by atoms with van der Waals surface area (Å²) in [6.07, 6.45) is 16.1. The molecule has 22 heavy (non-hydrogen) atoms. The van der Waals surface area contributed by atoms with E-state index in [4.69, 9.17) is 4.74 Å². The van der Waals surface area contributed by atoms with E-state index >= 15 is 0 Å². The Bertz CT molecular complexity index is 697. The van der Waals surface area contributed by atoms with Gasteiger partial charge in [-0.15, -0.1) is 0 Å². The lowest BCUT2D eigenvalue weighted by Crippen LogP contribution is -2.18. The molecule has 2 aliphatic carbocycles. The second kappa shape index (κ2) is 7.67. The van der Waals surface area contributed by atoms with Crippen molar-refractivity contribution in [3.8, 4) is 0 Å². The van der Waals surface area contributed by atoms with Gasteiger partial charge in [0.1, 0.15) is 0 Å². The Labute approximate surface area is 128 Å². The summed E-state index contributed by atoms with van der Waals surface area (Å²) < 4.78 is 4.95. The molecule has 0 unspecified atom stereocenters. The van der Waals surface area contributed by atoms with Crippen molar-refractivity contribution in [1.29, 1.82) is 0 Å². The van der Waals surface area contributed by atoms with Gasteiger partial charge in [-0.2, -0.15) is 5.10 Å². The lowest BCUT2D eigenvalue weighted by molar-refractivity contribution is -0.117. The van der Waals surface area contributed by atoms with Crippen molar-refractivity contribution in [2.75, 3.05) is 7.11 Å². The topological polar surface area (TPSA) is 70.9 Å². The third-order valence-electron chi connectivity index (χ3n) is 2.88. The first-order valence-electron chi connectivity index (χ1n) is 6.69. The van der Waals surface area contributed by atoms with Crippen molar-refractivity contribution in [2.24, 2.45) is 5.10 Å². The van der Waals surface area contributed by atoms with Crippen LogP contribution in [0.25, 0.3) is 0 Å². The maximum atomic E-state index is 11.9. The predicted octanol–water partition coefficient (Wildman–Crippen LogP) is 2.60. The van der Waals surface area contributed by atoms with Gasteiger partial charge < -0.3 is 9.84 Å². The Balaban J connectivity index is 2.00. The average Bonchev–Trinajstić information content (AvgIpc) is 2.89. The van der Waals surface area contributed by atoms with Gasteiger partial charge in [-0.05, 0) is 30.7 Å². The minimum Gasteiger partial charge on any atom is -0.504 e. The van der Waals surface area contributed by atoms with E-state index in [-0.39, 0.29) is 17.4 Å². The van der Waals surface area contributed by atoms with Crippen LogP contribution >= 0.6 is 0 Å². The zero-order valence-corrected chi connectivity index (χ0v) is 12.1. The van der Waals surface area contributed by atoms with E-state index in [9.17, 15) is 9.90 Å². The summed E-state index contributed by atoms with van der Waals surface area (Å²) in [6.45, 7) is 0. The predicted molar refractivity (Wildman–Crippen MR) is 85.0 cm³/mol. The van der Waals surface area contributed by atoms with E-state index < -0.39 is 0 Å². The number of hydrogen-bond acceptors (Lipinski definition) is 4. The van der Waals surface area contributed by atoms with Crippen molar-refractivity contribution < 1.29 is 14.6 Å². The zero-order valence-electron chi connectivity index (χ0n) is 12.1. The second-order valence-electron chi connectivity index (χ2n) is 4.42. The number of ether oxygens (including phenoxy) is 1. The molecule has 0 bridgehead atoms. The fourth-order valence-electron chi connectivity index (χ4n) is 1.74. The molecule has 1 amide bonds. The minimum absolute atomic E-state index is 0.0209. The fraction of sp³-hybridized carbons (Fsp3) is 0.118. The van der Waals surface area contributed by atoms with E-state index in [0.29, 0.717) is 17.6 Å². The first kappa shape index (κ1) is 15.4. The summed E-state index contributed by atoms with van der Waals surface area (Å²) in [7, 11) is 1.45. The second-order valence-corrected chi connectivity index (χ2v) is 4.42. The standard InChI is InChI=1S/C17H16N2O3/c1-22-16-11-9-13(8-10-15(16)20)12-18-19-17(21)14-6-4-2-3-5-7-14/h2-4,6-10,12,20H,5H2,1H3,(H,19,21)/b18-12+. The quantitative estimate of drug-likeness (QED) is 0.476. The van der Waals surface area contributed by atoms with Gasteiger partial charge in [-0.25, -0.2) is 5.43 Å². The van der Waals surface area contributed by atoms with Gasteiger partial charge in [0.2, 0.25) is 5.76 Å². The molecule has 2 N–H and O–H groups in total. The molecule has 0 atom stereocenters. The van der Waals surface area contributed by atoms with Gasteiger partial charge in [-0.1, -0.05) is 30.0 Å². The molecule has 0 aromatic rings. The molecule has 112 valence electrons. The molecular formula is C17H16N2O3. The van der Waals surface area contributed by atoms with E-state index in [1.165, 1.54) is 19.4 Å². The van der Waals surface area contributed by atoms with Crippen LogP contribution in [-0.2, 0) is 9.53 Å². The number of hydrogen-bond donors (Lipinski definition) is 2. The monoisotopic (exact) mass is 296 g/mol. The highest BCUT2D eigenvalue weighted by molar-refractivity contribution is 5.97. The zero-order chi connectivity index (χ0) is 15.8. The Kier molecular flexibility index (Phi) is 5.35. The maximum Gasteiger partial charge on any atom is 0.271 e. The number of carbonyl (C=O) groups excluding carboxylic acids is 1. The number of allylic oxidation sites excluding steroid dienone is 7. The van der Waals surface area contributed by atoms with Gasteiger partial charge >= 0.3 is 0 Å². The van der Waals surface area contributed by atoms with E-state index in [1.807, 2.05) is 24.3 Å². The Morgan fingerprint density at radius 3 is 3.14 bits per heavy atom. The Morgan fingerprint density at radius 2 is 2.32 bits per heavy atom. The van der Waals surface area contributed by atoms with Crippen LogP contribution in [0.3, 0.4) is 0 Å². The first-order chi connectivity index (χ1) is 10.7. The number of nitrogens with one attached hydrogen (secondary N) is 1. The van der Waals surface area contributed by atoms with Crippen molar-refractivity contribution >= 4 is 12.1 Å². The van der Waals surface area contributed by atoms with Crippen molar-refractivity contribution in [2.45, 2.75) is 6.42 Å². The summed E-state index contributed by atoms with van der Waals surface area (Å²) in [4.78, 5) is 11.9. The molecule has 0 heterocycles. The number of aliphatic hydroxyl groups is 1. The third-order valence-corrected chi connectivity index (χ3v) is 2.88. The SMILES string of the molecule is COC1=C=CC(/C=N/NC(=O)C2=CCC=CC=C2)=CC=C1O. The molecule has 0 aromatic heterocycles. The molecule has 0 saturated heterocycles. The van der Waals surface area contributed by atoms with Crippen LogP contribution in [0.4, 0.5) is 0 Å². The Hall–Kier alpha value is -3.04. The first-order valence-corrected chi connectivity index (χ1v) is 6.69. The average molecular weight is 296 g/mol. The van der Waals surface area contributed by atoms with Crippen LogP contribution < -0.4 is 5.43 Å². The fourth-order valence-corrected chi connectivity index (χ4v) is 1.74. The number of rotatable bonds is 4. The van der Waals surface area contributed by atoms with Crippen molar-refractivity contribution in [3.63, 3.8) is 0 Å². The van der Waals surface area contributed by atoms with E-state index in [2.05, 4.69) is 16.3 Å². The molecule has 0 spiro atoms. The number of nitrogens with zero attached hydrogens (tertiary/aromatic N) is 1. The number of carbonyl (C=O) groups is 1. The third kappa shape index (κ3) is 4.23. The van der Waals surface area contributed by atoms with Gasteiger partial charge in [0.05, 0.1) is 13.3 Å². The lowest BCUT2D eigenvalue weighted by Gasteiger charge is -1.99. The molecule has 2 rings (SSSR count). The molecule has 0 radical (unpaired) electrons. The van der Waals surface area contributed by atoms with Crippen molar-refractivity contribution in [3.05, 3.63) is 77.0 Å². The van der Waals surface area contributed by atoms with Crippen LogP contribution in [0.2, 0.25) is 0 Å². The molecular weight excluding hydrogens is 280 g/mol. The van der Waals surface area contributed by atoms with Gasteiger partial charge in [0, 0.05) is 11.1 Å². The van der Waals surface area contributed by atoms with Crippen LogP contribution in [0.15, 0.2) is 82.1 Å². The van der Waals surface area contributed by atoms with E-state index in [0.717, 1.165) is 0 Å². The van der Waals surface area contributed by atoms with Crippen LogP contribution in [-0.4, -0.2) is 24.3 Å². The summed E-state index contributed by atoms with van der Waals surface area (Å²) in [6, 6.07) is 0. The number of hydrazone groups is 1. The highest BCUT2D eigenvalue weighted by Crippen LogP contribution is 2.10. The lowest BCUT2D eigenvalue weighted by atomic mass is 10.2. The highest BCUT2D eigenvalue weighted by atomic mass is 16.5. The molecule has 0 fully saturated rings. The number of aliphatic hydroxyl groups excluding tert-OH is 1. The maximum absolute atomic E-state index is 11.9. The summed E-state index contributed by atoms with van der Waals surface area (Å²) in [5, 5.41) is 13.5. The molecule has 5 heteroatoms. The van der Waals surface area contributed by atoms with Crippen LogP contribution in [0, 0.1) is 0 Å². The smallest absolute Gasteiger partial charge is 0.271 e. The summed E-state index contributed by atoms with van der Waals surface area (Å²) in [5.74, 6) is -0.0571. The van der Waals surface area contributed by atoms with Gasteiger partial charge in [0.25, 0.3) is 5.91 Å². The van der Waals surface area contributed by atoms with Crippen molar-refractivity contribution in [1.82, 2.24) is 5.43 Å². The minimum atomic E-state index is -0.277. The van der Waals surface area contributed by atoms with E-state index in [1.54, 1.807) is 18.2 Å². The Morgan fingerprint density at radius 1 is 1.45 bits per heavy atom. The normalized spacial score (nSPS) is 17.1. The largest absolute Gasteiger partial charge is 0.504 e. The van der Waals surface area contributed by atoms with Crippen LogP contribution in [0.5, 0.6) is 0 Å². The molecule has 0 aromatic carbocycles. The molecule has 0 saturated carbocycles. The molecule has 0 aliphatic heterocycles. The molecule has 5 nitrogen and oxygen atoms in total. The number of methoxy groups -OCH3 is 1. The van der Waals surface area contributed by atoms with Gasteiger partial charge in [0.15, 0.2) is 5.76 Å². The number of amides is 1. The molecule has 2 aliphatic rings. The van der Waals surface area contributed by atoms with Gasteiger partial charge in [-0.3, -0.25) is 4.79 Å². The summed E-state index contributed by atoms with van der Waals surface area (Å²) in [5.41, 5.74) is 6.47.